The largest absolute Gasteiger partial charge is 0.369 e. The Morgan fingerprint density at radius 1 is 1.15 bits per heavy atom. The normalized spacial score (nSPS) is 19.9. The van der Waals surface area contributed by atoms with Crippen molar-refractivity contribution in [3.05, 3.63) is 28.7 Å². The van der Waals surface area contributed by atoms with Gasteiger partial charge in [0.2, 0.25) is 5.91 Å². The summed E-state index contributed by atoms with van der Waals surface area (Å²) in [4.78, 5) is 16.4. The minimum absolute atomic E-state index is 0.185. The molecule has 3 rings (SSSR count). The van der Waals surface area contributed by atoms with Gasteiger partial charge in [-0.05, 0) is 37.1 Å². The molecular weight excluding hydrogens is 318 g/mol. The van der Waals surface area contributed by atoms with E-state index in [1.807, 2.05) is 0 Å². The van der Waals surface area contributed by atoms with Gasteiger partial charge in [0.1, 0.15) is 0 Å². The van der Waals surface area contributed by atoms with E-state index in [1.165, 1.54) is 5.69 Å². The number of carbonyl (C=O) groups is 1. The summed E-state index contributed by atoms with van der Waals surface area (Å²) in [6.07, 6.45) is 2.31. The summed E-state index contributed by atoms with van der Waals surface area (Å²) in [7, 11) is 0. The Hall–Kier alpha value is -1.07. The number of anilines is 1. The molecule has 1 heterocycles. The molecule has 1 aliphatic carbocycles. The van der Waals surface area contributed by atoms with Crippen LogP contribution in [0.3, 0.4) is 0 Å². The summed E-state index contributed by atoms with van der Waals surface area (Å²) in [5.41, 5.74) is 1.26. The minimum atomic E-state index is 0.185. The van der Waals surface area contributed by atoms with Crippen molar-refractivity contribution < 1.29 is 4.79 Å². The third-order valence-electron chi connectivity index (χ3n) is 3.87. The zero-order valence-electron chi connectivity index (χ0n) is 11.5. The van der Waals surface area contributed by atoms with Crippen molar-refractivity contribution in [1.82, 2.24) is 10.2 Å². The van der Waals surface area contributed by atoms with Crippen LogP contribution in [0.5, 0.6) is 0 Å². The Bertz CT molecular complexity index is 465. The van der Waals surface area contributed by atoms with Crippen LogP contribution in [0.4, 0.5) is 5.69 Å². The van der Waals surface area contributed by atoms with E-state index in [-0.39, 0.29) is 5.91 Å². The first kappa shape index (κ1) is 13.9. The lowest BCUT2D eigenvalue weighted by atomic mass is 10.2. The van der Waals surface area contributed by atoms with Gasteiger partial charge in [-0.3, -0.25) is 9.69 Å². The van der Waals surface area contributed by atoms with Crippen LogP contribution in [-0.2, 0) is 4.79 Å². The monoisotopic (exact) mass is 337 g/mol. The number of benzene rings is 1. The number of carbonyl (C=O) groups excluding carboxylic acids is 1. The summed E-state index contributed by atoms with van der Waals surface area (Å²) >= 11 is 3.46. The van der Waals surface area contributed by atoms with E-state index in [2.05, 4.69) is 55.3 Å². The van der Waals surface area contributed by atoms with Gasteiger partial charge in [-0.25, -0.2) is 0 Å². The highest BCUT2D eigenvalue weighted by Gasteiger charge is 2.25. The molecule has 2 aliphatic rings. The van der Waals surface area contributed by atoms with Crippen LogP contribution in [0.2, 0.25) is 0 Å². The van der Waals surface area contributed by atoms with Crippen LogP contribution in [0.15, 0.2) is 28.7 Å². The Balaban J connectivity index is 1.46. The van der Waals surface area contributed by atoms with E-state index in [9.17, 15) is 4.79 Å². The predicted octanol–water partition coefficient (Wildman–Crippen LogP) is 1.85. The third kappa shape index (κ3) is 3.73. The molecule has 0 radical (unpaired) electrons. The minimum Gasteiger partial charge on any atom is -0.369 e. The van der Waals surface area contributed by atoms with E-state index in [4.69, 9.17) is 0 Å². The molecule has 1 aliphatic heterocycles. The summed E-state index contributed by atoms with van der Waals surface area (Å²) in [6.45, 7) is 4.42. The van der Waals surface area contributed by atoms with Gasteiger partial charge in [0, 0.05) is 42.4 Å². The predicted molar refractivity (Wildman–Crippen MR) is 84.0 cm³/mol. The molecule has 108 valence electrons. The van der Waals surface area contributed by atoms with Gasteiger partial charge >= 0.3 is 0 Å². The standard InChI is InChI=1S/C15H20BrN3O/c16-12-1-5-14(6-2-12)19-9-7-18(8-10-19)11-15(20)17-13-3-4-13/h1-2,5-6,13H,3-4,7-11H2,(H,17,20). The molecule has 20 heavy (non-hydrogen) atoms. The molecule has 1 amide bonds. The van der Waals surface area contributed by atoms with Crippen LogP contribution >= 0.6 is 15.9 Å². The van der Waals surface area contributed by atoms with Gasteiger partial charge in [-0.2, -0.15) is 0 Å². The second-order valence-electron chi connectivity index (χ2n) is 5.58. The maximum atomic E-state index is 11.8. The topological polar surface area (TPSA) is 35.6 Å². The smallest absolute Gasteiger partial charge is 0.234 e. The Morgan fingerprint density at radius 3 is 2.40 bits per heavy atom. The maximum Gasteiger partial charge on any atom is 0.234 e. The molecule has 1 aromatic rings. The van der Waals surface area contributed by atoms with Gasteiger partial charge in [0.05, 0.1) is 6.54 Å². The van der Waals surface area contributed by atoms with Crippen molar-refractivity contribution in [2.24, 2.45) is 0 Å². The molecule has 1 saturated carbocycles. The fourth-order valence-electron chi connectivity index (χ4n) is 2.52. The zero-order chi connectivity index (χ0) is 13.9. The zero-order valence-corrected chi connectivity index (χ0v) is 13.1. The second-order valence-corrected chi connectivity index (χ2v) is 6.50. The lowest BCUT2D eigenvalue weighted by molar-refractivity contribution is -0.122. The van der Waals surface area contributed by atoms with Gasteiger partial charge < -0.3 is 10.2 Å². The number of nitrogens with one attached hydrogen (secondary N) is 1. The number of rotatable bonds is 4. The van der Waals surface area contributed by atoms with Crippen LogP contribution in [-0.4, -0.2) is 49.6 Å². The van der Waals surface area contributed by atoms with Gasteiger partial charge in [0.25, 0.3) is 0 Å². The molecule has 0 spiro atoms. The number of hydrogen-bond acceptors (Lipinski definition) is 3. The van der Waals surface area contributed by atoms with Crippen LogP contribution < -0.4 is 10.2 Å². The lowest BCUT2D eigenvalue weighted by Crippen LogP contribution is -2.49. The van der Waals surface area contributed by atoms with Crippen LogP contribution in [0, 0.1) is 0 Å². The Kier molecular flexibility index (Phi) is 4.27. The van der Waals surface area contributed by atoms with E-state index >= 15 is 0 Å². The van der Waals surface area contributed by atoms with E-state index in [0.29, 0.717) is 12.6 Å². The fourth-order valence-corrected chi connectivity index (χ4v) is 2.78. The maximum absolute atomic E-state index is 11.8. The van der Waals surface area contributed by atoms with Crippen LogP contribution in [0.1, 0.15) is 12.8 Å². The quantitative estimate of drug-likeness (QED) is 0.910. The highest BCUT2D eigenvalue weighted by molar-refractivity contribution is 9.10. The molecular formula is C15H20BrN3O. The highest BCUT2D eigenvalue weighted by atomic mass is 79.9. The number of piperazine rings is 1. The van der Waals surface area contributed by atoms with Crippen molar-refractivity contribution in [3.8, 4) is 0 Å². The van der Waals surface area contributed by atoms with Gasteiger partial charge in [0.15, 0.2) is 0 Å². The van der Waals surface area contributed by atoms with Gasteiger partial charge in [-0.15, -0.1) is 0 Å². The van der Waals surface area contributed by atoms with Gasteiger partial charge in [-0.1, -0.05) is 15.9 Å². The molecule has 1 aromatic carbocycles. The summed E-state index contributed by atoms with van der Waals surface area (Å²) < 4.78 is 1.11. The molecule has 5 heteroatoms. The molecule has 0 unspecified atom stereocenters. The van der Waals surface area contributed by atoms with Crippen LogP contribution in [0.25, 0.3) is 0 Å². The SMILES string of the molecule is O=C(CN1CCN(c2ccc(Br)cc2)CC1)NC1CC1. The highest BCUT2D eigenvalue weighted by Crippen LogP contribution is 2.20. The molecule has 0 atom stereocenters. The molecule has 1 N–H and O–H groups in total. The first-order valence-corrected chi connectivity index (χ1v) is 8.02. The first-order chi connectivity index (χ1) is 9.70. The van der Waals surface area contributed by atoms with Crippen molar-refractivity contribution in [2.45, 2.75) is 18.9 Å². The van der Waals surface area contributed by atoms with Crippen molar-refractivity contribution in [1.29, 1.82) is 0 Å². The Labute approximate surface area is 128 Å². The average Bonchev–Trinajstić information content (AvgIpc) is 3.24. The van der Waals surface area contributed by atoms with Crippen molar-refractivity contribution in [2.75, 3.05) is 37.6 Å². The van der Waals surface area contributed by atoms with E-state index in [1.54, 1.807) is 0 Å². The number of nitrogens with zero attached hydrogens (tertiary/aromatic N) is 2. The molecule has 2 fully saturated rings. The summed E-state index contributed by atoms with van der Waals surface area (Å²) in [5.74, 6) is 0.185. The molecule has 4 nitrogen and oxygen atoms in total. The number of halogens is 1. The average molecular weight is 338 g/mol. The third-order valence-corrected chi connectivity index (χ3v) is 4.40. The fraction of sp³-hybridized carbons (Fsp3) is 0.533. The van der Waals surface area contributed by atoms with Crippen molar-refractivity contribution in [3.63, 3.8) is 0 Å². The lowest BCUT2D eigenvalue weighted by Gasteiger charge is -2.35. The first-order valence-electron chi connectivity index (χ1n) is 7.23. The molecule has 0 aromatic heterocycles. The second kappa shape index (κ2) is 6.14. The van der Waals surface area contributed by atoms with E-state index in [0.717, 1.165) is 43.5 Å². The number of hydrogen-bond donors (Lipinski definition) is 1. The number of amides is 1. The summed E-state index contributed by atoms with van der Waals surface area (Å²) in [6, 6.07) is 8.89. The van der Waals surface area contributed by atoms with E-state index < -0.39 is 0 Å². The molecule has 1 saturated heterocycles. The summed E-state index contributed by atoms with van der Waals surface area (Å²) in [5, 5.41) is 3.05. The Morgan fingerprint density at radius 2 is 1.80 bits per heavy atom. The van der Waals surface area contributed by atoms with Crippen molar-refractivity contribution >= 4 is 27.5 Å². The molecule has 0 bridgehead atoms.